The van der Waals surface area contributed by atoms with E-state index in [0.29, 0.717) is 27.1 Å². The van der Waals surface area contributed by atoms with Crippen molar-refractivity contribution in [3.05, 3.63) is 78.7 Å². The molecular formula is C23H22Cl2N6O3. The van der Waals surface area contributed by atoms with Crippen LogP contribution in [-0.2, 0) is 20.6 Å². The van der Waals surface area contributed by atoms with E-state index in [4.69, 9.17) is 23.2 Å². The van der Waals surface area contributed by atoms with Gasteiger partial charge in [0, 0.05) is 44.2 Å². The number of anilines is 2. The minimum absolute atomic E-state index is 0.0490. The van der Waals surface area contributed by atoms with Crippen molar-refractivity contribution in [1.82, 2.24) is 23.7 Å². The third-order valence-electron chi connectivity index (χ3n) is 6.26. The van der Waals surface area contributed by atoms with E-state index in [-0.39, 0.29) is 30.6 Å². The molecule has 1 aliphatic rings. The predicted octanol–water partition coefficient (Wildman–Crippen LogP) is 3.02. The largest absolute Gasteiger partial charge is 0.396 e. The Morgan fingerprint density at radius 2 is 1.91 bits per heavy atom. The summed E-state index contributed by atoms with van der Waals surface area (Å²) in [6.07, 6.45) is 2.62. The van der Waals surface area contributed by atoms with Gasteiger partial charge in [0.2, 0.25) is 5.95 Å². The van der Waals surface area contributed by atoms with E-state index < -0.39 is 11.2 Å². The summed E-state index contributed by atoms with van der Waals surface area (Å²) in [7, 11) is 3.30. The molecule has 0 radical (unpaired) electrons. The van der Waals surface area contributed by atoms with E-state index >= 15 is 0 Å². The molecule has 34 heavy (non-hydrogen) atoms. The van der Waals surface area contributed by atoms with Gasteiger partial charge in [-0.15, -0.1) is 0 Å². The van der Waals surface area contributed by atoms with Gasteiger partial charge in [-0.05, 0) is 42.2 Å². The molecule has 1 aliphatic carbocycles. The van der Waals surface area contributed by atoms with E-state index in [2.05, 4.69) is 15.3 Å². The van der Waals surface area contributed by atoms with Gasteiger partial charge in [-0.25, -0.2) is 4.79 Å². The molecule has 2 N–H and O–H groups in total. The Morgan fingerprint density at radius 3 is 2.62 bits per heavy atom. The second-order valence-electron chi connectivity index (χ2n) is 8.53. The smallest absolute Gasteiger partial charge is 0.332 e. The molecule has 11 heteroatoms. The van der Waals surface area contributed by atoms with Gasteiger partial charge in [0.15, 0.2) is 11.2 Å². The molecule has 4 aromatic rings. The van der Waals surface area contributed by atoms with Crippen LogP contribution in [0, 0.1) is 5.92 Å². The molecule has 0 aliphatic heterocycles. The number of hydrogen-bond acceptors (Lipinski definition) is 6. The molecule has 0 amide bonds. The van der Waals surface area contributed by atoms with Crippen LogP contribution in [0.1, 0.15) is 23.6 Å². The number of aromatic nitrogens is 5. The number of nitrogens with one attached hydrogen (secondary N) is 1. The van der Waals surface area contributed by atoms with Crippen LogP contribution < -0.4 is 16.6 Å². The number of rotatable bonds is 6. The molecule has 9 nitrogen and oxygen atoms in total. The highest BCUT2D eigenvalue weighted by Crippen LogP contribution is 2.46. The average Bonchev–Trinajstić information content (AvgIpc) is 3.55. The van der Waals surface area contributed by atoms with Crippen LogP contribution in [0.2, 0.25) is 10.0 Å². The first kappa shape index (κ1) is 22.6. The molecule has 0 spiro atoms. The van der Waals surface area contributed by atoms with Crippen LogP contribution >= 0.6 is 23.2 Å². The van der Waals surface area contributed by atoms with E-state index in [1.54, 1.807) is 49.1 Å². The number of halogens is 2. The fraction of sp³-hybridized carbons (Fsp3) is 0.304. The molecule has 0 saturated heterocycles. The summed E-state index contributed by atoms with van der Waals surface area (Å²) >= 11 is 12.1. The quantitative estimate of drug-likeness (QED) is 0.421. The molecule has 1 aromatic carbocycles. The Labute approximate surface area is 204 Å². The maximum atomic E-state index is 13.3. The molecule has 3 aromatic heterocycles. The van der Waals surface area contributed by atoms with Gasteiger partial charge in [0.25, 0.3) is 5.56 Å². The minimum atomic E-state index is -0.483. The summed E-state index contributed by atoms with van der Waals surface area (Å²) in [6.45, 7) is 0.199. The van der Waals surface area contributed by atoms with E-state index in [0.717, 1.165) is 22.4 Å². The first-order valence-electron chi connectivity index (χ1n) is 10.7. The van der Waals surface area contributed by atoms with Crippen molar-refractivity contribution in [2.75, 3.05) is 11.9 Å². The van der Waals surface area contributed by atoms with Crippen LogP contribution in [-0.4, -0.2) is 35.4 Å². The number of hydrogen-bond donors (Lipinski definition) is 2. The van der Waals surface area contributed by atoms with Gasteiger partial charge in [0.1, 0.15) is 0 Å². The molecule has 0 bridgehead atoms. The van der Waals surface area contributed by atoms with Gasteiger partial charge in [-0.1, -0.05) is 29.3 Å². The number of aryl methyl sites for hydroxylation is 2. The van der Waals surface area contributed by atoms with E-state index in [1.165, 1.54) is 4.57 Å². The molecule has 0 unspecified atom stereocenters. The van der Waals surface area contributed by atoms with E-state index in [1.807, 2.05) is 6.07 Å². The van der Waals surface area contributed by atoms with Crippen LogP contribution in [0.5, 0.6) is 0 Å². The lowest BCUT2D eigenvalue weighted by Gasteiger charge is -2.10. The second kappa shape index (κ2) is 8.57. The third-order valence-corrected chi connectivity index (χ3v) is 7.00. The van der Waals surface area contributed by atoms with Crippen LogP contribution in [0.3, 0.4) is 0 Å². The van der Waals surface area contributed by atoms with Gasteiger partial charge in [-0.3, -0.25) is 18.9 Å². The summed E-state index contributed by atoms with van der Waals surface area (Å²) in [6, 6.07) is 8.72. The van der Waals surface area contributed by atoms with Crippen molar-refractivity contribution in [2.24, 2.45) is 20.0 Å². The zero-order chi connectivity index (χ0) is 24.1. The van der Waals surface area contributed by atoms with Crippen molar-refractivity contribution >= 4 is 46.0 Å². The number of aliphatic hydroxyl groups excluding tert-OH is 1. The second-order valence-corrected chi connectivity index (χ2v) is 9.34. The van der Waals surface area contributed by atoms with Crippen LogP contribution in [0.15, 0.2) is 46.1 Å². The Morgan fingerprint density at radius 1 is 1.12 bits per heavy atom. The third kappa shape index (κ3) is 3.89. The fourth-order valence-electron chi connectivity index (χ4n) is 4.18. The molecule has 176 valence electrons. The number of imidazole rings is 1. The van der Waals surface area contributed by atoms with Crippen LogP contribution in [0.25, 0.3) is 11.2 Å². The molecule has 2 atom stereocenters. The van der Waals surface area contributed by atoms with Crippen molar-refractivity contribution < 1.29 is 5.11 Å². The van der Waals surface area contributed by atoms with Crippen molar-refractivity contribution in [3.8, 4) is 0 Å². The SMILES string of the molecule is Cn1c(Nc2ccnc([C@H]3C[C@@H]3CO)c2)nc2c1c(=O)n(Cc1ccc(Cl)c(Cl)c1)c(=O)n2C. The van der Waals surface area contributed by atoms with Gasteiger partial charge in [-0.2, -0.15) is 4.98 Å². The number of benzene rings is 1. The number of fused-ring (bicyclic) bond motifs is 1. The topological polar surface area (TPSA) is 107 Å². The highest BCUT2D eigenvalue weighted by molar-refractivity contribution is 6.42. The first-order valence-corrected chi connectivity index (χ1v) is 11.5. The normalized spacial score (nSPS) is 17.3. The lowest BCUT2D eigenvalue weighted by molar-refractivity contribution is 0.273. The Bertz CT molecular complexity index is 1540. The van der Waals surface area contributed by atoms with Crippen molar-refractivity contribution in [2.45, 2.75) is 18.9 Å². The highest BCUT2D eigenvalue weighted by Gasteiger charge is 2.38. The number of nitrogens with zero attached hydrogens (tertiary/aromatic N) is 5. The standard InChI is InChI=1S/C23H22Cl2N6O3/c1-29-19-20(28-22(29)27-14-5-6-26-18(9-14)15-8-13(15)11-32)30(2)23(34)31(21(19)33)10-12-3-4-16(24)17(25)7-12/h3-7,9,13,15,32H,8,10-11H2,1-2H3,(H,26,27,28)/t13-,15+/m1/s1. The Kier molecular flexibility index (Phi) is 5.71. The summed E-state index contributed by atoms with van der Waals surface area (Å²) in [5.41, 5.74) is 1.98. The molecular weight excluding hydrogens is 479 g/mol. The molecule has 3 heterocycles. The monoisotopic (exact) mass is 500 g/mol. The summed E-state index contributed by atoms with van der Waals surface area (Å²) in [4.78, 5) is 35.3. The number of aliphatic hydroxyl groups is 1. The lowest BCUT2D eigenvalue weighted by Crippen LogP contribution is -2.39. The highest BCUT2D eigenvalue weighted by atomic mass is 35.5. The predicted molar refractivity (Wildman–Crippen MR) is 131 cm³/mol. The Balaban J connectivity index is 1.53. The summed E-state index contributed by atoms with van der Waals surface area (Å²) in [5, 5.41) is 13.3. The minimum Gasteiger partial charge on any atom is -0.396 e. The first-order chi connectivity index (χ1) is 16.3. The zero-order valence-corrected chi connectivity index (χ0v) is 20.0. The maximum absolute atomic E-state index is 13.3. The Hall–Kier alpha value is -3.14. The fourth-order valence-corrected chi connectivity index (χ4v) is 4.51. The van der Waals surface area contributed by atoms with Crippen molar-refractivity contribution in [1.29, 1.82) is 0 Å². The van der Waals surface area contributed by atoms with Gasteiger partial charge >= 0.3 is 5.69 Å². The van der Waals surface area contributed by atoms with Crippen molar-refractivity contribution in [3.63, 3.8) is 0 Å². The van der Waals surface area contributed by atoms with Crippen LogP contribution in [0.4, 0.5) is 11.6 Å². The lowest BCUT2D eigenvalue weighted by atomic mass is 10.2. The summed E-state index contributed by atoms with van der Waals surface area (Å²) in [5.74, 6) is 0.921. The molecule has 1 saturated carbocycles. The molecule has 1 fully saturated rings. The zero-order valence-electron chi connectivity index (χ0n) is 18.5. The van der Waals surface area contributed by atoms with Gasteiger partial charge in [0.05, 0.1) is 16.6 Å². The van der Waals surface area contributed by atoms with Gasteiger partial charge < -0.3 is 15.0 Å². The maximum Gasteiger partial charge on any atom is 0.332 e. The number of pyridine rings is 1. The average molecular weight is 501 g/mol. The van der Waals surface area contributed by atoms with E-state index in [9.17, 15) is 14.7 Å². The molecule has 5 rings (SSSR count). The summed E-state index contributed by atoms with van der Waals surface area (Å²) < 4.78 is 4.14.